The number of benzene rings is 1. The fourth-order valence-electron chi connectivity index (χ4n) is 1.82. The van der Waals surface area contributed by atoms with Crippen molar-refractivity contribution in [2.45, 2.75) is 19.9 Å². The largest absolute Gasteiger partial charge is 0.504 e. The Morgan fingerprint density at radius 2 is 2.00 bits per heavy atom. The van der Waals surface area contributed by atoms with Crippen LogP contribution in [0.3, 0.4) is 0 Å². The molecule has 1 amide bonds. The van der Waals surface area contributed by atoms with Gasteiger partial charge >= 0.3 is 0 Å². The average Bonchev–Trinajstić information content (AvgIpc) is 2.89. The fourth-order valence-corrected chi connectivity index (χ4v) is 1.82. The highest BCUT2D eigenvalue weighted by atomic mass is 16.3. The molecule has 0 aliphatic carbocycles. The first kappa shape index (κ1) is 15.1. The van der Waals surface area contributed by atoms with E-state index in [4.69, 9.17) is 5.11 Å². The van der Waals surface area contributed by atoms with Crippen LogP contribution in [0.1, 0.15) is 24.3 Å². The Balaban J connectivity index is 2.18. The van der Waals surface area contributed by atoms with Gasteiger partial charge < -0.3 is 15.5 Å². The van der Waals surface area contributed by atoms with Crippen LogP contribution in [-0.2, 0) is 0 Å². The third-order valence-corrected chi connectivity index (χ3v) is 3.43. The third-order valence-electron chi connectivity index (χ3n) is 3.43. The maximum Gasteiger partial charge on any atom is 0.275 e. The lowest BCUT2D eigenvalue weighted by molar-refractivity contribution is 0.0908. The molecule has 21 heavy (non-hydrogen) atoms. The molecule has 6 nitrogen and oxygen atoms in total. The predicted octanol–water partition coefficient (Wildman–Crippen LogP) is 1.32. The number of aliphatic hydroxyl groups is 1. The highest BCUT2D eigenvalue weighted by molar-refractivity contribution is 5.95. The van der Waals surface area contributed by atoms with E-state index in [2.05, 4.69) is 10.4 Å². The maximum atomic E-state index is 12.1. The SMILES string of the molecule is CC(CO)C(C)NC(=O)c1nn(-c2ccccc2)cc1O. The second kappa shape index (κ2) is 6.41. The molecule has 0 fully saturated rings. The van der Waals surface area contributed by atoms with Gasteiger partial charge in [0.1, 0.15) is 0 Å². The van der Waals surface area contributed by atoms with Gasteiger partial charge in [0.25, 0.3) is 5.91 Å². The molecule has 0 radical (unpaired) electrons. The van der Waals surface area contributed by atoms with E-state index in [-0.39, 0.29) is 30.0 Å². The summed E-state index contributed by atoms with van der Waals surface area (Å²) in [5.41, 5.74) is 0.722. The van der Waals surface area contributed by atoms with Gasteiger partial charge in [-0.2, -0.15) is 5.10 Å². The molecular weight excluding hydrogens is 270 g/mol. The molecule has 1 heterocycles. The second-order valence-electron chi connectivity index (χ2n) is 5.07. The van der Waals surface area contributed by atoms with Gasteiger partial charge in [-0.15, -0.1) is 0 Å². The van der Waals surface area contributed by atoms with Crippen LogP contribution < -0.4 is 5.32 Å². The molecule has 6 heteroatoms. The molecule has 112 valence electrons. The zero-order valence-corrected chi connectivity index (χ0v) is 12.0. The van der Waals surface area contributed by atoms with Crippen molar-refractivity contribution in [3.05, 3.63) is 42.2 Å². The average molecular weight is 289 g/mol. The van der Waals surface area contributed by atoms with Gasteiger partial charge in [-0.05, 0) is 25.0 Å². The van der Waals surface area contributed by atoms with Crippen molar-refractivity contribution in [1.82, 2.24) is 15.1 Å². The Labute approximate surface area is 123 Å². The van der Waals surface area contributed by atoms with Crippen molar-refractivity contribution < 1.29 is 15.0 Å². The summed E-state index contributed by atoms with van der Waals surface area (Å²) in [6.45, 7) is 3.60. The molecule has 2 atom stereocenters. The van der Waals surface area contributed by atoms with E-state index in [0.29, 0.717) is 0 Å². The van der Waals surface area contributed by atoms with Crippen LogP contribution in [0.25, 0.3) is 5.69 Å². The second-order valence-corrected chi connectivity index (χ2v) is 5.07. The molecule has 2 aromatic rings. The molecule has 0 spiro atoms. The molecule has 1 aromatic heterocycles. The number of amides is 1. The summed E-state index contributed by atoms with van der Waals surface area (Å²) in [5, 5.41) is 25.8. The molecular formula is C15H19N3O3. The van der Waals surface area contributed by atoms with Gasteiger partial charge in [0.15, 0.2) is 11.4 Å². The Kier molecular flexibility index (Phi) is 4.59. The highest BCUT2D eigenvalue weighted by Gasteiger charge is 2.20. The number of carbonyl (C=O) groups excluding carboxylic acids is 1. The molecule has 0 saturated heterocycles. The van der Waals surface area contributed by atoms with Crippen molar-refractivity contribution >= 4 is 5.91 Å². The molecule has 1 aromatic carbocycles. The van der Waals surface area contributed by atoms with E-state index >= 15 is 0 Å². The van der Waals surface area contributed by atoms with Gasteiger partial charge in [-0.1, -0.05) is 25.1 Å². The first-order chi connectivity index (χ1) is 10.0. The van der Waals surface area contributed by atoms with E-state index in [1.165, 1.54) is 10.9 Å². The summed E-state index contributed by atoms with van der Waals surface area (Å²) in [7, 11) is 0. The first-order valence-corrected chi connectivity index (χ1v) is 6.78. The number of aromatic nitrogens is 2. The Morgan fingerprint density at radius 1 is 1.33 bits per heavy atom. The van der Waals surface area contributed by atoms with Crippen molar-refractivity contribution in [3.8, 4) is 11.4 Å². The van der Waals surface area contributed by atoms with Gasteiger partial charge in [0.05, 0.1) is 11.9 Å². The predicted molar refractivity (Wildman–Crippen MR) is 78.4 cm³/mol. The fraction of sp³-hybridized carbons (Fsp3) is 0.333. The van der Waals surface area contributed by atoms with Crippen molar-refractivity contribution in [3.63, 3.8) is 0 Å². The number of para-hydroxylation sites is 1. The number of aliphatic hydroxyl groups excluding tert-OH is 1. The number of aromatic hydroxyl groups is 1. The molecule has 0 aliphatic rings. The minimum absolute atomic E-state index is 0.0219. The maximum absolute atomic E-state index is 12.1. The zero-order chi connectivity index (χ0) is 15.4. The minimum Gasteiger partial charge on any atom is -0.504 e. The van der Waals surface area contributed by atoms with Gasteiger partial charge in [-0.3, -0.25) is 4.79 Å². The number of hydrogen-bond donors (Lipinski definition) is 3. The summed E-state index contributed by atoms with van der Waals surface area (Å²) < 4.78 is 1.45. The third kappa shape index (κ3) is 3.41. The van der Waals surface area contributed by atoms with Crippen molar-refractivity contribution in [1.29, 1.82) is 0 Å². The van der Waals surface area contributed by atoms with Crippen molar-refractivity contribution in [2.75, 3.05) is 6.61 Å². The Morgan fingerprint density at radius 3 is 2.62 bits per heavy atom. The molecule has 0 aliphatic heterocycles. The van der Waals surface area contributed by atoms with Crippen LogP contribution in [0.15, 0.2) is 36.5 Å². The minimum atomic E-state index is -0.463. The van der Waals surface area contributed by atoms with Crippen LogP contribution in [0.2, 0.25) is 0 Å². The molecule has 2 unspecified atom stereocenters. The summed E-state index contributed by atoms with van der Waals surface area (Å²) >= 11 is 0. The van der Waals surface area contributed by atoms with Gasteiger partial charge in [0.2, 0.25) is 0 Å². The lowest BCUT2D eigenvalue weighted by Gasteiger charge is -2.18. The Hall–Kier alpha value is -2.34. The van der Waals surface area contributed by atoms with Gasteiger partial charge in [0, 0.05) is 12.6 Å². The van der Waals surface area contributed by atoms with Crippen LogP contribution in [0, 0.1) is 5.92 Å². The van der Waals surface area contributed by atoms with E-state index in [1.54, 1.807) is 6.92 Å². The smallest absolute Gasteiger partial charge is 0.275 e. The zero-order valence-electron chi connectivity index (χ0n) is 12.0. The topological polar surface area (TPSA) is 87.4 Å². The van der Waals surface area contributed by atoms with Crippen molar-refractivity contribution in [2.24, 2.45) is 5.92 Å². The summed E-state index contributed by atoms with van der Waals surface area (Å²) in [6.07, 6.45) is 1.39. The first-order valence-electron chi connectivity index (χ1n) is 6.78. The summed E-state index contributed by atoms with van der Waals surface area (Å²) in [4.78, 5) is 12.1. The molecule has 0 saturated carbocycles. The van der Waals surface area contributed by atoms with E-state index in [0.717, 1.165) is 5.69 Å². The van der Waals surface area contributed by atoms with E-state index in [1.807, 2.05) is 37.3 Å². The van der Waals surface area contributed by atoms with Gasteiger partial charge in [-0.25, -0.2) is 4.68 Å². The number of nitrogens with one attached hydrogen (secondary N) is 1. The normalized spacial score (nSPS) is 13.7. The monoisotopic (exact) mass is 289 g/mol. The Bertz CT molecular complexity index is 610. The van der Waals surface area contributed by atoms with E-state index < -0.39 is 5.91 Å². The quantitative estimate of drug-likeness (QED) is 0.775. The van der Waals surface area contributed by atoms with Crippen LogP contribution in [-0.4, -0.2) is 38.5 Å². The number of hydrogen-bond acceptors (Lipinski definition) is 4. The van der Waals surface area contributed by atoms with Crippen LogP contribution >= 0.6 is 0 Å². The standard InChI is InChI=1S/C15H19N3O3/c1-10(9-19)11(2)16-15(21)14-13(20)8-18(17-14)12-6-4-3-5-7-12/h3-8,10-11,19-20H,9H2,1-2H3,(H,16,21). The van der Waals surface area contributed by atoms with E-state index in [9.17, 15) is 9.90 Å². The summed E-state index contributed by atoms with van der Waals surface area (Å²) in [5.74, 6) is -0.720. The molecule has 3 N–H and O–H groups in total. The number of nitrogens with zero attached hydrogens (tertiary/aromatic N) is 2. The highest BCUT2D eigenvalue weighted by Crippen LogP contribution is 2.18. The molecule has 2 rings (SSSR count). The number of rotatable bonds is 5. The number of carbonyl (C=O) groups is 1. The molecule has 0 bridgehead atoms. The van der Waals surface area contributed by atoms with Crippen LogP contribution in [0.4, 0.5) is 0 Å². The summed E-state index contributed by atoms with van der Waals surface area (Å²) in [6, 6.07) is 8.99. The lowest BCUT2D eigenvalue weighted by atomic mass is 10.1. The van der Waals surface area contributed by atoms with Crippen LogP contribution in [0.5, 0.6) is 5.75 Å². The lowest BCUT2D eigenvalue weighted by Crippen LogP contribution is -2.38.